The van der Waals surface area contributed by atoms with E-state index >= 15 is 0 Å². The standard InChI is InChI=1S/C15H16N2O2S.C12H11N3OS/c1-17-9-8-12-10-11(6-7-14(12)17)13-4-2-3-5-15(13)20(16,18)19;1-7-15-11(10(6-16)17-7)8-3-2-4-9(5-8)12(13)14/h2-7,10H,8-9H2,1H3,(H2,16,18,19);2-6H,1H3,(H3,13,14). The molecule has 0 unspecified atom stereocenters. The Balaban J connectivity index is 0.000000176. The Morgan fingerprint density at radius 1 is 1.08 bits per heavy atom. The van der Waals surface area contributed by atoms with E-state index in [4.69, 9.17) is 16.3 Å². The van der Waals surface area contributed by atoms with E-state index in [0.29, 0.717) is 21.7 Å². The number of likely N-dealkylation sites (N-methyl/N-ethyl adjacent to an activating group) is 1. The van der Waals surface area contributed by atoms with E-state index in [1.54, 1.807) is 36.4 Å². The number of aldehydes is 1. The monoisotopic (exact) mass is 533 g/mol. The average molecular weight is 534 g/mol. The lowest BCUT2D eigenvalue weighted by molar-refractivity contribution is 0.112. The number of aromatic nitrogens is 1. The van der Waals surface area contributed by atoms with Gasteiger partial charge in [0.15, 0.2) is 6.29 Å². The van der Waals surface area contributed by atoms with Crippen LogP contribution in [-0.2, 0) is 16.4 Å². The summed E-state index contributed by atoms with van der Waals surface area (Å²) in [6.07, 6.45) is 1.79. The van der Waals surface area contributed by atoms with Crippen molar-refractivity contribution in [2.24, 2.45) is 10.9 Å². The first kappa shape index (κ1) is 26.2. The molecule has 4 aromatic rings. The van der Waals surface area contributed by atoms with E-state index in [-0.39, 0.29) is 10.7 Å². The smallest absolute Gasteiger partial charge is 0.238 e. The van der Waals surface area contributed by atoms with Crippen LogP contribution in [0.4, 0.5) is 5.69 Å². The summed E-state index contributed by atoms with van der Waals surface area (Å²) in [7, 11) is -1.66. The molecule has 1 aliphatic rings. The molecule has 1 aliphatic heterocycles. The van der Waals surface area contributed by atoms with Crippen LogP contribution in [0.15, 0.2) is 71.6 Å². The number of hydrogen-bond donors (Lipinski definition) is 3. The van der Waals surface area contributed by atoms with Gasteiger partial charge in [0.2, 0.25) is 10.0 Å². The van der Waals surface area contributed by atoms with Crippen LogP contribution in [0.25, 0.3) is 22.4 Å². The molecule has 0 fully saturated rings. The summed E-state index contributed by atoms with van der Waals surface area (Å²) in [6.45, 7) is 2.85. The predicted molar refractivity (Wildman–Crippen MR) is 149 cm³/mol. The number of nitrogens with two attached hydrogens (primary N) is 2. The molecule has 10 heteroatoms. The van der Waals surface area contributed by atoms with E-state index in [2.05, 4.69) is 23.0 Å². The van der Waals surface area contributed by atoms with Gasteiger partial charge in [-0.25, -0.2) is 18.5 Å². The lowest BCUT2D eigenvalue weighted by Crippen LogP contribution is -2.13. The number of carbonyl (C=O) groups excluding carboxylic acids is 1. The van der Waals surface area contributed by atoms with Gasteiger partial charge in [-0.05, 0) is 48.7 Å². The molecule has 2 heterocycles. The van der Waals surface area contributed by atoms with Crippen LogP contribution < -0.4 is 15.8 Å². The molecule has 0 saturated heterocycles. The highest BCUT2D eigenvalue weighted by Gasteiger charge is 2.19. The van der Waals surface area contributed by atoms with Crippen LogP contribution in [-0.4, -0.2) is 39.1 Å². The number of hydrogen-bond acceptors (Lipinski definition) is 7. The van der Waals surface area contributed by atoms with E-state index in [1.165, 1.54) is 22.6 Å². The van der Waals surface area contributed by atoms with Gasteiger partial charge < -0.3 is 10.6 Å². The second-order valence-corrected chi connectivity index (χ2v) is 11.4. The normalized spacial score (nSPS) is 12.5. The maximum absolute atomic E-state index is 11.7. The molecule has 0 saturated carbocycles. The Kier molecular flexibility index (Phi) is 7.53. The second kappa shape index (κ2) is 10.6. The Labute approximate surface area is 220 Å². The zero-order valence-electron chi connectivity index (χ0n) is 20.4. The van der Waals surface area contributed by atoms with Crippen molar-refractivity contribution in [3.8, 4) is 22.4 Å². The van der Waals surface area contributed by atoms with Crippen LogP contribution >= 0.6 is 11.3 Å². The fourth-order valence-electron chi connectivity index (χ4n) is 4.25. The summed E-state index contributed by atoms with van der Waals surface area (Å²) in [6, 6.07) is 20.1. The van der Waals surface area contributed by atoms with Crippen molar-refractivity contribution < 1.29 is 13.2 Å². The maximum Gasteiger partial charge on any atom is 0.238 e. The van der Waals surface area contributed by atoms with Gasteiger partial charge in [0, 0.05) is 36.0 Å². The molecule has 8 nitrogen and oxygen atoms in total. The van der Waals surface area contributed by atoms with Crippen LogP contribution in [0.1, 0.15) is 25.8 Å². The first-order valence-electron chi connectivity index (χ1n) is 11.4. The maximum atomic E-state index is 11.7. The Morgan fingerprint density at radius 2 is 1.84 bits per heavy atom. The molecular weight excluding hydrogens is 506 g/mol. The van der Waals surface area contributed by atoms with Crippen LogP contribution in [0.3, 0.4) is 0 Å². The highest BCUT2D eigenvalue weighted by molar-refractivity contribution is 7.89. The van der Waals surface area contributed by atoms with E-state index in [1.807, 2.05) is 31.2 Å². The minimum Gasteiger partial charge on any atom is -0.384 e. The first-order valence-corrected chi connectivity index (χ1v) is 13.8. The number of thiazole rings is 1. The van der Waals surface area contributed by atoms with Gasteiger partial charge in [0.05, 0.1) is 20.5 Å². The fourth-order valence-corrected chi connectivity index (χ4v) is 5.78. The van der Waals surface area contributed by atoms with Gasteiger partial charge in [-0.1, -0.05) is 42.5 Å². The van der Waals surface area contributed by atoms with Gasteiger partial charge >= 0.3 is 0 Å². The molecule has 5 N–H and O–H groups in total. The Hall–Kier alpha value is -3.86. The van der Waals surface area contributed by atoms with Crippen molar-refractivity contribution >= 4 is 39.2 Å². The Bertz CT molecular complexity index is 1600. The van der Waals surface area contributed by atoms with Crippen LogP contribution in [0, 0.1) is 12.3 Å². The average Bonchev–Trinajstić information content (AvgIpc) is 3.45. The molecule has 1 aromatic heterocycles. The topological polar surface area (TPSA) is 143 Å². The summed E-state index contributed by atoms with van der Waals surface area (Å²) >= 11 is 1.36. The lowest BCUT2D eigenvalue weighted by Gasteiger charge is -2.13. The summed E-state index contributed by atoms with van der Waals surface area (Å²) in [5, 5.41) is 13.5. The molecule has 0 amide bonds. The van der Waals surface area contributed by atoms with Crippen molar-refractivity contribution in [1.29, 1.82) is 5.41 Å². The number of nitrogens with zero attached hydrogens (tertiary/aromatic N) is 2. The highest BCUT2D eigenvalue weighted by Crippen LogP contribution is 2.33. The molecule has 0 atom stereocenters. The molecule has 0 spiro atoms. The van der Waals surface area contributed by atoms with Crippen molar-refractivity contribution in [1.82, 2.24) is 4.98 Å². The number of aryl methyl sites for hydroxylation is 1. The summed E-state index contributed by atoms with van der Waals surface area (Å²) < 4.78 is 23.4. The lowest BCUT2D eigenvalue weighted by atomic mass is 10.0. The molecule has 190 valence electrons. The van der Waals surface area contributed by atoms with Gasteiger partial charge in [-0.2, -0.15) is 0 Å². The SMILES string of the molecule is CN1CCc2cc(-c3ccccc3S(N)(=O)=O)ccc21.Cc1nc(-c2cccc(C(=N)N)c2)c(C=O)s1. The second-order valence-electron chi connectivity index (χ2n) is 8.61. The molecule has 0 aliphatic carbocycles. The Morgan fingerprint density at radius 3 is 2.54 bits per heavy atom. The van der Waals surface area contributed by atoms with Gasteiger partial charge in [-0.3, -0.25) is 10.2 Å². The summed E-state index contributed by atoms with van der Waals surface area (Å²) in [4.78, 5) is 18.2. The van der Waals surface area contributed by atoms with E-state index < -0.39 is 10.0 Å². The molecule has 0 bridgehead atoms. The largest absolute Gasteiger partial charge is 0.384 e. The minimum absolute atomic E-state index is 0.00598. The molecule has 3 aromatic carbocycles. The number of rotatable bonds is 5. The number of nitrogen functional groups attached to an aromatic ring is 1. The fraction of sp³-hybridized carbons (Fsp3) is 0.148. The van der Waals surface area contributed by atoms with Gasteiger partial charge in [0.25, 0.3) is 0 Å². The minimum atomic E-state index is -3.72. The zero-order chi connectivity index (χ0) is 26.7. The van der Waals surface area contributed by atoms with Gasteiger partial charge in [0.1, 0.15) is 5.84 Å². The number of nitrogens with one attached hydrogen (secondary N) is 1. The molecule has 5 rings (SSSR count). The third kappa shape index (κ3) is 5.77. The van der Waals surface area contributed by atoms with Crippen molar-refractivity contribution in [3.05, 3.63) is 87.7 Å². The van der Waals surface area contributed by atoms with E-state index in [0.717, 1.165) is 35.4 Å². The number of fused-ring (bicyclic) bond motifs is 1. The summed E-state index contributed by atoms with van der Waals surface area (Å²) in [5.74, 6) is 0.00598. The number of amidine groups is 1. The van der Waals surface area contributed by atoms with Crippen LogP contribution in [0.2, 0.25) is 0 Å². The highest BCUT2D eigenvalue weighted by atomic mass is 32.2. The number of sulfonamides is 1. The third-order valence-electron chi connectivity index (χ3n) is 6.03. The van der Waals surface area contributed by atoms with E-state index in [9.17, 15) is 13.2 Å². The number of benzene rings is 3. The van der Waals surface area contributed by atoms with Gasteiger partial charge in [-0.15, -0.1) is 11.3 Å². The number of anilines is 1. The molecule has 0 radical (unpaired) electrons. The van der Waals surface area contributed by atoms with Crippen molar-refractivity contribution in [2.45, 2.75) is 18.2 Å². The molecule has 37 heavy (non-hydrogen) atoms. The van der Waals surface area contributed by atoms with Crippen molar-refractivity contribution in [3.63, 3.8) is 0 Å². The third-order valence-corrected chi connectivity index (χ3v) is 7.89. The van der Waals surface area contributed by atoms with Crippen molar-refractivity contribution in [2.75, 3.05) is 18.5 Å². The molecular formula is C27H27N5O3S2. The number of carbonyl (C=O) groups is 1. The van der Waals surface area contributed by atoms with Crippen LogP contribution in [0.5, 0.6) is 0 Å². The quantitative estimate of drug-likeness (QED) is 0.199. The zero-order valence-corrected chi connectivity index (χ0v) is 22.1. The first-order chi connectivity index (χ1) is 17.6. The summed E-state index contributed by atoms with van der Waals surface area (Å²) in [5.41, 5.74) is 11.5. The predicted octanol–water partition coefficient (Wildman–Crippen LogP) is 4.21. The number of primary sulfonamides is 1.